The molecule has 5 rings (SSSR count). The third-order valence-corrected chi connectivity index (χ3v) is 7.41. The number of hydrogen-bond acceptors (Lipinski definition) is 5. The van der Waals surface area contributed by atoms with Crippen LogP contribution in [0, 0.1) is 12.3 Å². The average molecular weight is 448 g/mol. The Kier molecular flexibility index (Phi) is 5.05. The largest absolute Gasteiger partial charge is 0.337 e. The van der Waals surface area contributed by atoms with E-state index in [1.54, 1.807) is 21.6 Å². The molecule has 2 aromatic carbocycles. The number of aromatic nitrogens is 2. The van der Waals surface area contributed by atoms with E-state index in [-0.39, 0.29) is 18.7 Å². The van der Waals surface area contributed by atoms with Gasteiger partial charge in [-0.3, -0.25) is 4.79 Å². The summed E-state index contributed by atoms with van der Waals surface area (Å²) in [7, 11) is 0. The minimum Gasteiger partial charge on any atom is -0.337 e. The third kappa shape index (κ3) is 3.62. The van der Waals surface area contributed by atoms with E-state index < -0.39 is 5.67 Å². The topological polar surface area (TPSA) is 46.1 Å². The SMILES string of the molecule is C#Cc1nc(C(=O)N2CCC(F)(c3ccc(-c4cccc5ncsc45)cc3)CC2)cs1. The van der Waals surface area contributed by atoms with E-state index in [1.807, 2.05) is 41.9 Å². The predicted octanol–water partition coefficient (Wildman–Crippen LogP) is 5.50. The molecule has 4 nitrogen and oxygen atoms in total. The summed E-state index contributed by atoms with van der Waals surface area (Å²) >= 11 is 2.87. The van der Waals surface area contributed by atoms with E-state index in [4.69, 9.17) is 6.42 Å². The van der Waals surface area contributed by atoms with Crippen molar-refractivity contribution in [2.75, 3.05) is 13.1 Å². The number of nitrogens with zero attached hydrogens (tertiary/aromatic N) is 3. The predicted molar refractivity (Wildman–Crippen MR) is 123 cm³/mol. The van der Waals surface area contributed by atoms with Crippen LogP contribution < -0.4 is 0 Å². The lowest BCUT2D eigenvalue weighted by atomic mass is 9.85. The van der Waals surface area contributed by atoms with Crippen molar-refractivity contribution in [3.05, 3.63) is 69.6 Å². The van der Waals surface area contributed by atoms with Gasteiger partial charge in [0.1, 0.15) is 11.4 Å². The van der Waals surface area contributed by atoms with Crippen LogP contribution in [0.15, 0.2) is 53.4 Å². The summed E-state index contributed by atoms with van der Waals surface area (Å²) in [4.78, 5) is 22.8. The van der Waals surface area contributed by atoms with Gasteiger partial charge in [0, 0.05) is 36.9 Å². The van der Waals surface area contributed by atoms with Gasteiger partial charge in [0.05, 0.1) is 15.7 Å². The van der Waals surface area contributed by atoms with E-state index in [0.29, 0.717) is 29.4 Å². The summed E-state index contributed by atoms with van der Waals surface area (Å²) in [5, 5.41) is 2.14. The fraction of sp³-hybridized carbons (Fsp3) is 0.208. The van der Waals surface area contributed by atoms with Gasteiger partial charge in [-0.1, -0.05) is 36.4 Å². The van der Waals surface area contributed by atoms with Crippen LogP contribution in [0.4, 0.5) is 4.39 Å². The van der Waals surface area contributed by atoms with Crippen molar-refractivity contribution in [3.63, 3.8) is 0 Å². The van der Waals surface area contributed by atoms with E-state index in [1.165, 1.54) is 11.3 Å². The van der Waals surface area contributed by atoms with Crippen LogP contribution in [0.25, 0.3) is 21.3 Å². The monoisotopic (exact) mass is 447 g/mol. The highest BCUT2D eigenvalue weighted by Crippen LogP contribution is 2.39. The Hall–Kier alpha value is -3.08. The number of alkyl halides is 1. The average Bonchev–Trinajstić information content (AvgIpc) is 3.49. The maximum absolute atomic E-state index is 15.8. The van der Waals surface area contributed by atoms with Crippen LogP contribution in [0.1, 0.15) is 33.9 Å². The lowest BCUT2D eigenvalue weighted by Gasteiger charge is -2.36. The number of terminal acetylenes is 1. The maximum atomic E-state index is 15.8. The normalized spacial score (nSPS) is 15.7. The number of halogens is 1. The molecule has 3 heterocycles. The van der Waals surface area contributed by atoms with Crippen LogP contribution in [-0.2, 0) is 5.67 Å². The van der Waals surface area contributed by atoms with E-state index >= 15 is 4.39 Å². The molecular formula is C24H18FN3OS2. The summed E-state index contributed by atoms with van der Waals surface area (Å²) < 4.78 is 16.9. The van der Waals surface area contributed by atoms with Crippen LogP contribution >= 0.6 is 22.7 Å². The molecular weight excluding hydrogens is 429 g/mol. The van der Waals surface area contributed by atoms with Gasteiger partial charge < -0.3 is 4.90 Å². The van der Waals surface area contributed by atoms with Crippen molar-refractivity contribution in [2.24, 2.45) is 0 Å². The minimum atomic E-state index is -1.45. The molecule has 0 N–H and O–H groups in total. The Morgan fingerprint density at radius 3 is 2.61 bits per heavy atom. The van der Waals surface area contributed by atoms with Gasteiger partial charge in [-0.05, 0) is 23.1 Å². The molecule has 1 amide bonds. The summed E-state index contributed by atoms with van der Waals surface area (Å²) in [6.45, 7) is 0.695. The molecule has 1 fully saturated rings. The second-order valence-electron chi connectivity index (χ2n) is 7.52. The maximum Gasteiger partial charge on any atom is 0.273 e. The van der Waals surface area contributed by atoms with E-state index in [2.05, 4.69) is 22.0 Å². The first-order valence-corrected chi connectivity index (χ1v) is 11.7. The van der Waals surface area contributed by atoms with E-state index in [9.17, 15) is 4.79 Å². The molecule has 0 aliphatic carbocycles. The van der Waals surface area contributed by atoms with Crippen molar-refractivity contribution in [1.29, 1.82) is 0 Å². The lowest BCUT2D eigenvalue weighted by molar-refractivity contribution is 0.0417. The third-order valence-electron chi connectivity index (χ3n) is 5.76. The van der Waals surface area contributed by atoms with Crippen molar-refractivity contribution < 1.29 is 9.18 Å². The van der Waals surface area contributed by atoms with Gasteiger partial charge in [0.25, 0.3) is 5.91 Å². The first-order valence-electron chi connectivity index (χ1n) is 9.91. The number of thiazole rings is 2. The van der Waals surface area contributed by atoms with Gasteiger partial charge in [-0.25, -0.2) is 14.4 Å². The number of benzene rings is 2. The summed E-state index contributed by atoms with van der Waals surface area (Å²) in [5.74, 6) is 2.25. The Morgan fingerprint density at radius 2 is 1.90 bits per heavy atom. The standard InChI is InChI=1S/C24H18FN3OS2/c1-2-21-27-20(14-30-21)23(29)28-12-10-24(25,11-13-28)17-8-6-16(7-9-17)18-4-3-5-19-22(18)31-15-26-19/h1,3-9,14-15H,10-13H2. The summed E-state index contributed by atoms with van der Waals surface area (Å²) in [6, 6.07) is 13.7. The molecule has 7 heteroatoms. The van der Waals surface area contributed by atoms with Gasteiger partial charge >= 0.3 is 0 Å². The molecule has 0 bridgehead atoms. The fourth-order valence-corrected chi connectivity index (χ4v) is 5.44. The van der Waals surface area contributed by atoms with Crippen LogP contribution in [0.3, 0.4) is 0 Å². The second kappa shape index (κ2) is 7.88. The van der Waals surface area contributed by atoms with Crippen molar-refractivity contribution in [3.8, 4) is 23.5 Å². The molecule has 1 aliphatic rings. The first kappa shape index (κ1) is 19.9. The molecule has 4 aromatic rings. The number of rotatable bonds is 3. The molecule has 0 atom stereocenters. The highest BCUT2D eigenvalue weighted by molar-refractivity contribution is 7.17. The lowest BCUT2D eigenvalue weighted by Crippen LogP contribution is -2.43. The quantitative estimate of drug-likeness (QED) is 0.390. The van der Waals surface area contributed by atoms with Crippen molar-refractivity contribution in [1.82, 2.24) is 14.9 Å². The van der Waals surface area contributed by atoms with Gasteiger partial charge in [-0.15, -0.1) is 29.1 Å². The van der Waals surface area contributed by atoms with Crippen LogP contribution in [-0.4, -0.2) is 33.9 Å². The number of piperidine rings is 1. The van der Waals surface area contributed by atoms with Crippen molar-refractivity contribution >= 4 is 38.8 Å². The van der Waals surface area contributed by atoms with E-state index in [0.717, 1.165) is 21.3 Å². The zero-order valence-electron chi connectivity index (χ0n) is 16.5. The number of fused-ring (bicyclic) bond motifs is 1. The number of hydrogen-bond donors (Lipinski definition) is 0. The zero-order valence-corrected chi connectivity index (χ0v) is 18.2. The van der Waals surface area contributed by atoms with Crippen LogP contribution in [0.2, 0.25) is 0 Å². The Bertz CT molecular complexity index is 1290. The summed E-state index contributed by atoms with van der Waals surface area (Å²) in [6.07, 6.45) is 5.85. The molecule has 1 aliphatic heterocycles. The highest BCUT2D eigenvalue weighted by atomic mass is 32.1. The number of likely N-dealkylation sites (tertiary alicyclic amines) is 1. The molecule has 0 spiro atoms. The molecule has 2 aromatic heterocycles. The van der Waals surface area contributed by atoms with Gasteiger partial charge in [-0.2, -0.15) is 0 Å². The highest BCUT2D eigenvalue weighted by Gasteiger charge is 2.38. The zero-order chi connectivity index (χ0) is 21.4. The molecule has 0 saturated carbocycles. The molecule has 0 radical (unpaired) electrons. The molecule has 1 saturated heterocycles. The molecule has 154 valence electrons. The smallest absolute Gasteiger partial charge is 0.273 e. The summed E-state index contributed by atoms with van der Waals surface area (Å²) in [5.41, 5.74) is 4.51. The van der Waals surface area contributed by atoms with Crippen LogP contribution in [0.5, 0.6) is 0 Å². The number of carbonyl (C=O) groups is 1. The second-order valence-corrected chi connectivity index (χ2v) is 9.24. The molecule has 0 unspecified atom stereocenters. The number of amides is 1. The molecule has 31 heavy (non-hydrogen) atoms. The number of carbonyl (C=O) groups excluding carboxylic acids is 1. The fourth-order valence-electron chi connectivity index (χ4n) is 4.02. The van der Waals surface area contributed by atoms with Gasteiger partial charge in [0.15, 0.2) is 5.01 Å². The minimum absolute atomic E-state index is 0.187. The first-order chi connectivity index (χ1) is 15.1. The Morgan fingerprint density at radius 1 is 1.13 bits per heavy atom. The Balaban J connectivity index is 1.31. The van der Waals surface area contributed by atoms with Crippen molar-refractivity contribution in [2.45, 2.75) is 18.5 Å². The van der Waals surface area contributed by atoms with Gasteiger partial charge in [0.2, 0.25) is 0 Å². The Labute approximate surface area is 187 Å².